The molecule has 25 heteroatoms. The highest BCUT2D eigenvalue weighted by molar-refractivity contribution is 8.07. The van der Waals surface area contributed by atoms with Crippen molar-refractivity contribution >= 4 is 54.6 Å². The summed E-state index contributed by atoms with van der Waals surface area (Å²) in [7, 11) is -5.08. The van der Waals surface area contributed by atoms with Gasteiger partial charge in [-0.15, -0.1) is 0 Å². The number of nitrogens with zero attached hydrogens (tertiary/aromatic N) is 6. The van der Waals surface area contributed by atoms with E-state index in [-0.39, 0.29) is 28.3 Å². The fraction of sp³-hybridized carbons (Fsp3) is 0.500. The predicted molar refractivity (Wildman–Crippen MR) is 149 cm³/mol. The molecule has 8 N–H and O–H groups in total. The van der Waals surface area contributed by atoms with Crippen molar-refractivity contribution in [3.05, 3.63) is 39.7 Å². The number of nitrogens with one attached hydrogen (secondary N) is 2. The molecule has 0 amide bonds. The summed E-state index contributed by atoms with van der Waals surface area (Å²) in [6.45, 7) is -5.66. The Labute approximate surface area is 253 Å². The lowest BCUT2D eigenvalue weighted by Gasteiger charge is -2.27. The lowest BCUT2D eigenvalue weighted by Crippen LogP contribution is -2.36. The number of aromatic amines is 2. The molecule has 7 heterocycles. The fourth-order valence-electron chi connectivity index (χ4n) is 5.29. The van der Waals surface area contributed by atoms with Crippen LogP contribution in [0.25, 0.3) is 22.3 Å². The van der Waals surface area contributed by atoms with Crippen LogP contribution in [0.2, 0.25) is 0 Å². The molecule has 2 bridgehead atoms. The number of hydrogen-bond donors (Lipinski definition) is 7. The average molecular weight is 691 g/mol. The van der Waals surface area contributed by atoms with Crippen LogP contribution in [0.15, 0.2) is 28.6 Å². The highest BCUT2D eigenvalue weighted by Crippen LogP contribution is 2.53. The Hall–Kier alpha value is -3.02. The van der Waals surface area contributed by atoms with E-state index in [0.29, 0.717) is 0 Å². The first-order chi connectivity index (χ1) is 21.3. The van der Waals surface area contributed by atoms with Crippen molar-refractivity contribution in [1.82, 2.24) is 39.0 Å². The maximum atomic E-state index is 13.2. The number of anilines is 1. The second kappa shape index (κ2) is 11.1. The van der Waals surface area contributed by atoms with E-state index in [0.717, 1.165) is 17.2 Å². The zero-order chi connectivity index (χ0) is 31.8. The molecule has 4 aromatic rings. The summed E-state index contributed by atoms with van der Waals surface area (Å²) in [6.07, 6.45) is -8.58. The number of nitrogen functional groups attached to an aromatic ring is 1. The van der Waals surface area contributed by atoms with E-state index in [2.05, 4.69) is 29.9 Å². The highest BCUT2D eigenvalue weighted by Gasteiger charge is 2.53. The van der Waals surface area contributed by atoms with Gasteiger partial charge in [0, 0.05) is 0 Å². The minimum atomic E-state index is -5.08. The monoisotopic (exact) mass is 691 g/mol. The van der Waals surface area contributed by atoms with Crippen LogP contribution < -0.4 is 16.9 Å². The van der Waals surface area contributed by atoms with Crippen molar-refractivity contribution < 1.29 is 52.1 Å². The Morgan fingerprint density at radius 3 is 2.31 bits per heavy atom. The van der Waals surface area contributed by atoms with Gasteiger partial charge < -0.3 is 44.7 Å². The molecule has 45 heavy (non-hydrogen) atoms. The van der Waals surface area contributed by atoms with Crippen molar-refractivity contribution in [2.75, 3.05) is 18.9 Å². The van der Waals surface area contributed by atoms with E-state index < -0.39 is 88.0 Å². The quantitative estimate of drug-likeness (QED) is 0.107. The van der Waals surface area contributed by atoms with Gasteiger partial charge in [0.25, 0.3) is 11.1 Å². The summed E-state index contributed by atoms with van der Waals surface area (Å²) in [6, 6.07) is 0. The van der Waals surface area contributed by atoms with Crippen molar-refractivity contribution in [3.63, 3.8) is 0 Å². The molecule has 0 spiro atoms. The first-order valence-corrected chi connectivity index (χ1v) is 17.0. The number of aliphatic hydroxyl groups excluding tert-OH is 2. The Morgan fingerprint density at radius 2 is 1.56 bits per heavy atom. The summed E-state index contributed by atoms with van der Waals surface area (Å²) >= 11 is 5.16. The second-order valence-corrected chi connectivity index (χ2v) is 14.3. The maximum Gasteiger partial charge on any atom is 0.472 e. The van der Waals surface area contributed by atoms with Gasteiger partial charge in [-0.25, -0.2) is 19.5 Å². The Kier molecular flexibility index (Phi) is 7.52. The Bertz CT molecular complexity index is 2000. The number of ether oxygens (including phenoxy) is 2. The standard InChI is InChI=1S/C20H23N9O13P2S/c21-20-26-15-9(17(33)27-20)25-5-29(15)19-13-10(30)6(39-19)1-38-44(36,45)42-12-7(2-37-43(34,35)41-13)40-18(11(12)31)28-4-24-8-14(28)22-3-23-16(8)32/h3-7,10-13,18-19,30-31H,1-2H2,(H,34,35)(H,36,45)(H,22,23,32)(H3,21,26,27,33)/t6-,7-,10-,11-,12-,13-,18-,19-,44?/m1/s1. The number of hydrogen-bond acceptors (Lipinski definition) is 17. The Morgan fingerprint density at radius 1 is 0.889 bits per heavy atom. The van der Waals surface area contributed by atoms with Crippen LogP contribution in [-0.2, 0) is 43.9 Å². The van der Waals surface area contributed by atoms with Gasteiger partial charge in [0.1, 0.15) is 36.6 Å². The third-order valence-corrected chi connectivity index (χ3v) is 9.84. The summed E-state index contributed by atoms with van der Waals surface area (Å²) < 4.78 is 48.9. The van der Waals surface area contributed by atoms with E-state index in [4.69, 9.17) is 45.1 Å². The second-order valence-electron chi connectivity index (χ2n) is 10.1. The fourth-order valence-corrected chi connectivity index (χ4v) is 7.67. The third kappa shape index (κ3) is 5.44. The summed E-state index contributed by atoms with van der Waals surface area (Å²) in [5.41, 5.74) is 4.16. The third-order valence-electron chi connectivity index (χ3n) is 7.30. The summed E-state index contributed by atoms with van der Waals surface area (Å²) in [4.78, 5) is 66.7. The maximum absolute atomic E-state index is 13.2. The molecule has 0 radical (unpaired) electrons. The van der Waals surface area contributed by atoms with E-state index in [1.54, 1.807) is 0 Å². The molecule has 0 aromatic carbocycles. The molecular formula is C20H23N9O13P2S. The largest absolute Gasteiger partial charge is 0.472 e. The van der Waals surface area contributed by atoms with Crippen LogP contribution in [0.3, 0.4) is 0 Å². The van der Waals surface area contributed by atoms with Gasteiger partial charge in [-0.05, 0) is 11.8 Å². The molecular weight excluding hydrogens is 668 g/mol. The van der Waals surface area contributed by atoms with E-state index >= 15 is 0 Å². The number of nitrogens with two attached hydrogens (primary N) is 1. The van der Waals surface area contributed by atoms with Crippen molar-refractivity contribution in [1.29, 1.82) is 0 Å². The predicted octanol–water partition coefficient (Wildman–Crippen LogP) is -2.51. The zero-order valence-electron chi connectivity index (χ0n) is 22.3. The highest BCUT2D eigenvalue weighted by atomic mass is 32.5. The topological polar surface area (TPSA) is 307 Å². The van der Waals surface area contributed by atoms with Crippen LogP contribution in [0.5, 0.6) is 0 Å². The number of aliphatic hydroxyl groups is 2. The summed E-state index contributed by atoms with van der Waals surface area (Å²) in [5, 5.41) is 22.2. The minimum absolute atomic E-state index is 0.0346. The van der Waals surface area contributed by atoms with Gasteiger partial charge in [-0.1, -0.05) is 0 Å². The number of imidazole rings is 2. The molecule has 3 saturated heterocycles. The van der Waals surface area contributed by atoms with Gasteiger partial charge in [-0.3, -0.25) is 37.3 Å². The van der Waals surface area contributed by atoms with Crippen molar-refractivity contribution in [3.8, 4) is 0 Å². The zero-order valence-corrected chi connectivity index (χ0v) is 24.9. The number of rotatable bonds is 2. The minimum Gasteiger partial charge on any atom is -0.387 e. The van der Waals surface area contributed by atoms with Gasteiger partial charge in [0.15, 0.2) is 34.8 Å². The van der Waals surface area contributed by atoms with Gasteiger partial charge in [0.05, 0.1) is 32.2 Å². The smallest absolute Gasteiger partial charge is 0.387 e. The first kappa shape index (κ1) is 30.6. The molecule has 242 valence electrons. The van der Waals surface area contributed by atoms with E-state index in [1.807, 2.05) is 0 Å². The molecule has 10 atom stereocenters. The number of fused-ring (bicyclic) bond motifs is 5. The average Bonchev–Trinajstić information content (AvgIpc) is 3.72. The lowest BCUT2D eigenvalue weighted by molar-refractivity contribution is -0.0647. The molecule has 7 rings (SSSR count). The van der Waals surface area contributed by atoms with Crippen LogP contribution in [0, 0.1) is 0 Å². The molecule has 4 aromatic heterocycles. The molecule has 3 aliphatic heterocycles. The normalized spacial score (nSPS) is 37.7. The molecule has 22 nitrogen and oxygen atoms in total. The van der Waals surface area contributed by atoms with Crippen LogP contribution in [0.1, 0.15) is 12.5 Å². The first-order valence-electron chi connectivity index (χ1n) is 12.9. The molecule has 0 aliphatic carbocycles. The van der Waals surface area contributed by atoms with E-state index in [9.17, 15) is 34.2 Å². The molecule has 2 unspecified atom stereocenters. The number of H-pyrrole nitrogens is 2. The van der Waals surface area contributed by atoms with Gasteiger partial charge in [-0.2, -0.15) is 4.98 Å². The summed E-state index contributed by atoms with van der Waals surface area (Å²) in [5.74, 6) is -0.264. The van der Waals surface area contributed by atoms with E-state index in [1.165, 1.54) is 10.9 Å². The molecule has 3 fully saturated rings. The van der Waals surface area contributed by atoms with Gasteiger partial charge in [0.2, 0.25) is 5.95 Å². The SMILES string of the molecule is Nc1nc2c(ncn2[C@@H]2O[C@@H]3COP(O)(=S)O[C@H]4[C@@H](O)[C@H](n5cnc6c(=O)[nH]cnc65)O[C@@H]4COP(=O)(O)O[C@@H]2[C@@H]3O)c(=O)[nH]1. The number of phosphoric ester groups is 1. The molecule has 3 aliphatic rings. The van der Waals surface area contributed by atoms with Crippen molar-refractivity contribution in [2.24, 2.45) is 0 Å². The Balaban J connectivity index is 1.21. The van der Waals surface area contributed by atoms with Crippen LogP contribution in [-0.4, -0.2) is 109 Å². The number of aromatic nitrogens is 8. The van der Waals surface area contributed by atoms with Crippen LogP contribution in [0.4, 0.5) is 5.95 Å². The molecule has 0 saturated carbocycles. The lowest BCUT2D eigenvalue weighted by atomic mass is 10.1. The van der Waals surface area contributed by atoms with Crippen molar-refractivity contribution in [2.45, 2.75) is 49.1 Å². The van der Waals surface area contributed by atoms with Gasteiger partial charge >= 0.3 is 14.5 Å². The number of phosphoric acid groups is 1. The van der Waals surface area contributed by atoms with Crippen LogP contribution >= 0.6 is 14.5 Å².